The molecule has 0 bridgehead atoms. The third-order valence-corrected chi connectivity index (χ3v) is 6.21. The van der Waals surface area contributed by atoms with Crippen LogP contribution in [0.1, 0.15) is 50.2 Å². The third kappa shape index (κ3) is 5.68. The van der Waals surface area contributed by atoms with Gasteiger partial charge in [-0.25, -0.2) is 0 Å². The lowest BCUT2D eigenvalue weighted by Gasteiger charge is -2.26. The van der Waals surface area contributed by atoms with Gasteiger partial charge in [-0.1, -0.05) is 50.2 Å². The molecule has 0 aromatic heterocycles. The van der Waals surface area contributed by atoms with E-state index in [1.807, 2.05) is 61.5 Å². The van der Waals surface area contributed by atoms with Crippen molar-refractivity contribution in [3.63, 3.8) is 0 Å². The lowest BCUT2D eigenvalue weighted by atomic mass is 9.85. The summed E-state index contributed by atoms with van der Waals surface area (Å²) in [6.45, 7) is 7.41. The molecule has 0 aliphatic heterocycles. The number of methoxy groups -OCH3 is 1. The summed E-state index contributed by atoms with van der Waals surface area (Å²) in [5, 5.41) is 2.16. The molecule has 0 aliphatic carbocycles. The Balaban J connectivity index is 1.75. The summed E-state index contributed by atoms with van der Waals surface area (Å²) in [4.78, 5) is 15.2. The Morgan fingerprint density at radius 3 is 2.31 bits per heavy atom. The molecule has 0 amide bonds. The topological polar surface area (TPSA) is 38.8 Å². The van der Waals surface area contributed by atoms with Crippen LogP contribution in [0.25, 0.3) is 10.8 Å². The first kappa shape index (κ1) is 23.8. The van der Waals surface area contributed by atoms with Crippen molar-refractivity contribution in [2.75, 3.05) is 27.7 Å². The average molecular weight is 434 g/mol. The molecule has 0 spiro atoms. The normalized spacial score (nSPS) is 14.2. The van der Waals surface area contributed by atoms with Gasteiger partial charge in [-0.05, 0) is 85.4 Å². The summed E-state index contributed by atoms with van der Waals surface area (Å²) < 4.78 is 11.1. The number of carbonyl (C=O) groups is 1. The summed E-state index contributed by atoms with van der Waals surface area (Å²) in [7, 11) is 5.87. The van der Waals surface area contributed by atoms with Crippen LogP contribution in [0.5, 0.6) is 11.5 Å². The van der Waals surface area contributed by atoms with E-state index in [1.165, 1.54) is 5.56 Å². The fourth-order valence-corrected chi connectivity index (χ4v) is 4.46. The Bertz CT molecular complexity index is 1060. The number of hydrogen-bond acceptors (Lipinski definition) is 4. The molecule has 3 rings (SSSR count). The lowest BCUT2D eigenvalue weighted by molar-refractivity contribution is -0.135. The zero-order valence-corrected chi connectivity index (χ0v) is 20.1. The molecule has 0 fully saturated rings. The highest BCUT2D eigenvalue weighted by molar-refractivity contribution is 5.87. The molecular weight excluding hydrogens is 398 g/mol. The SMILES string of the molecule is CC[C@@H](c1cccc(OC(=O)C(C)c2ccc3cc(OC)ccc3c2)c1)[C@@H](C)CN(C)C. The van der Waals surface area contributed by atoms with Gasteiger partial charge in [-0.15, -0.1) is 0 Å². The highest BCUT2D eigenvalue weighted by Crippen LogP contribution is 2.31. The molecule has 0 aliphatic rings. The van der Waals surface area contributed by atoms with Crippen LogP contribution in [0.2, 0.25) is 0 Å². The van der Waals surface area contributed by atoms with Gasteiger partial charge in [0.05, 0.1) is 13.0 Å². The summed E-state index contributed by atoms with van der Waals surface area (Å²) in [5.41, 5.74) is 2.16. The first-order valence-corrected chi connectivity index (χ1v) is 11.4. The molecule has 0 N–H and O–H groups in total. The van der Waals surface area contributed by atoms with Crippen LogP contribution in [0.15, 0.2) is 60.7 Å². The number of ether oxygens (including phenoxy) is 2. The van der Waals surface area contributed by atoms with Gasteiger partial charge in [-0.2, -0.15) is 0 Å². The van der Waals surface area contributed by atoms with Crippen LogP contribution >= 0.6 is 0 Å². The Hall–Kier alpha value is -2.85. The third-order valence-electron chi connectivity index (χ3n) is 6.21. The molecule has 3 aromatic carbocycles. The maximum absolute atomic E-state index is 12.9. The zero-order valence-electron chi connectivity index (χ0n) is 20.1. The minimum atomic E-state index is -0.361. The number of benzene rings is 3. The number of nitrogens with zero attached hydrogens (tertiary/aromatic N) is 1. The fraction of sp³-hybridized carbons (Fsp3) is 0.393. The smallest absolute Gasteiger partial charge is 0.318 e. The molecule has 0 heterocycles. The largest absolute Gasteiger partial charge is 0.497 e. The van der Waals surface area contributed by atoms with E-state index in [-0.39, 0.29) is 11.9 Å². The first-order chi connectivity index (χ1) is 15.3. The monoisotopic (exact) mass is 433 g/mol. The Morgan fingerprint density at radius 1 is 0.906 bits per heavy atom. The Kier molecular flexibility index (Phi) is 7.92. The molecule has 0 saturated carbocycles. The van der Waals surface area contributed by atoms with Crippen molar-refractivity contribution >= 4 is 16.7 Å². The Labute approximate surface area is 192 Å². The molecule has 170 valence electrons. The van der Waals surface area contributed by atoms with Crippen molar-refractivity contribution in [2.45, 2.75) is 39.0 Å². The molecule has 1 unspecified atom stereocenters. The van der Waals surface area contributed by atoms with E-state index in [9.17, 15) is 4.79 Å². The average Bonchev–Trinajstić information content (AvgIpc) is 2.78. The number of hydrogen-bond donors (Lipinski definition) is 0. The van der Waals surface area contributed by atoms with Crippen LogP contribution in [-0.2, 0) is 4.79 Å². The summed E-state index contributed by atoms with van der Waals surface area (Å²) in [6, 6.07) is 20.0. The lowest BCUT2D eigenvalue weighted by Crippen LogP contribution is -2.24. The second-order valence-corrected chi connectivity index (χ2v) is 8.94. The molecule has 32 heavy (non-hydrogen) atoms. The minimum Gasteiger partial charge on any atom is -0.497 e. The van der Waals surface area contributed by atoms with Gasteiger partial charge in [0.25, 0.3) is 0 Å². The van der Waals surface area contributed by atoms with Crippen LogP contribution in [0, 0.1) is 5.92 Å². The highest BCUT2D eigenvalue weighted by atomic mass is 16.5. The van der Waals surface area contributed by atoms with E-state index in [0.29, 0.717) is 17.6 Å². The van der Waals surface area contributed by atoms with E-state index in [0.717, 1.165) is 35.1 Å². The summed E-state index contributed by atoms with van der Waals surface area (Å²) >= 11 is 0. The molecule has 0 radical (unpaired) electrons. The summed E-state index contributed by atoms with van der Waals surface area (Å²) in [5.74, 6) is 1.76. The van der Waals surface area contributed by atoms with Crippen molar-refractivity contribution in [2.24, 2.45) is 5.92 Å². The number of fused-ring (bicyclic) bond motifs is 1. The number of carbonyl (C=O) groups excluding carboxylic acids is 1. The molecule has 4 heteroatoms. The molecule has 3 atom stereocenters. The predicted molar refractivity (Wildman–Crippen MR) is 132 cm³/mol. The van der Waals surface area contributed by atoms with Crippen LogP contribution < -0.4 is 9.47 Å². The van der Waals surface area contributed by atoms with E-state index < -0.39 is 0 Å². The van der Waals surface area contributed by atoms with E-state index in [2.05, 4.69) is 38.9 Å². The van der Waals surface area contributed by atoms with Crippen LogP contribution in [0.3, 0.4) is 0 Å². The minimum absolute atomic E-state index is 0.246. The second kappa shape index (κ2) is 10.6. The van der Waals surface area contributed by atoms with Crippen molar-refractivity contribution in [3.8, 4) is 11.5 Å². The van der Waals surface area contributed by atoms with Gasteiger partial charge in [-0.3, -0.25) is 4.79 Å². The predicted octanol–water partition coefficient (Wildman–Crippen LogP) is 6.25. The van der Waals surface area contributed by atoms with Gasteiger partial charge in [0.1, 0.15) is 11.5 Å². The molecule has 4 nitrogen and oxygen atoms in total. The van der Waals surface area contributed by atoms with E-state index >= 15 is 0 Å². The maximum Gasteiger partial charge on any atom is 0.318 e. The van der Waals surface area contributed by atoms with Gasteiger partial charge in [0, 0.05) is 6.54 Å². The van der Waals surface area contributed by atoms with Crippen LogP contribution in [0.4, 0.5) is 0 Å². The van der Waals surface area contributed by atoms with Crippen molar-refractivity contribution in [1.29, 1.82) is 0 Å². The van der Waals surface area contributed by atoms with Crippen molar-refractivity contribution in [3.05, 3.63) is 71.8 Å². The zero-order chi connectivity index (χ0) is 23.3. The highest BCUT2D eigenvalue weighted by Gasteiger charge is 2.21. The quantitative estimate of drug-likeness (QED) is 0.295. The van der Waals surface area contributed by atoms with Gasteiger partial charge in [0.2, 0.25) is 0 Å². The van der Waals surface area contributed by atoms with Gasteiger partial charge < -0.3 is 14.4 Å². The molecular formula is C28H35NO3. The number of esters is 1. The first-order valence-electron chi connectivity index (χ1n) is 11.4. The second-order valence-electron chi connectivity index (χ2n) is 8.94. The Morgan fingerprint density at radius 2 is 1.62 bits per heavy atom. The van der Waals surface area contributed by atoms with Gasteiger partial charge >= 0.3 is 5.97 Å². The maximum atomic E-state index is 12.9. The molecule has 0 saturated heterocycles. The van der Waals surface area contributed by atoms with Crippen LogP contribution in [-0.4, -0.2) is 38.6 Å². The van der Waals surface area contributed by atoms with Crippen molar-refractivity contribution < 1.29 is 14.3 Å². The van der Waals surface area contributed by atoms with E-state index in [4.69, 9.17) is 9.47 Å². The molecule has 3 aromatic rings. The van der Waals surface area contributed by atoms with E-state index in [1.54, 1.807) is 7.11 Å². The van der Waals surface area contributed by atoms with Crippen molar-refractivity contribution in [1.82, 2.24) is 4.90 Å². The standard InChI is InChI=1S/C28H35NO3/c1-7-27(19(2)18-29(4)5)24-9-8-10-26(17-24)32-28(30)20(3)21-11-12-23-16-25(31-6)14-13-22(23)15-21/h8-17,19-20,27H,7,18H2,1-6H3/t19-,20?,27+/m0/s1. The summed E-state index contributed by atoms with van der Waals surface area (Å²) in [6.07, 6.45) is 1.05. The number of rotatable bonds is 9. The van der Waals surface area contributed by atoms with Gasteiger partial charge in [0.15, 0.2) is 0 Å². The fourth-order valence-electron chi connectivity index (χ4n) is 4.46.